The van der Waals surface area contributed by atoms with Gasteiger partial charge in [0.25, 0.3) is 0 Å². The third-order valence-corrected chi connectivity index (χ3v) is 4.64. The summed E-state index contributed by atoms with van der Waals surface area (Å²) < 4.78 is 10.7. The highest BCUT2D eigenvalue weighted by molar-refractivity contribution is 5.82. The van der Waals surface area contributed by atoms with Gasteiger partial charge in [-0.1, -0.05) is 0 Å². The third kappa shape index (κ3) is 4.17. The Labute approximate surface area is 121 Å². The molecule has 2 aliphatic heterocycles. The second-order valence-electron chi connectivity index (χ2n) is 6.06. The molecule has 1 amide bonds. The van der Waals surface area contributed by atoms with Crippen LogP contribution in [-0.2, 0) is 14.3 Å². The SMILES string of the molecule is COCC1(C(=O)NCCC2CCOCC2)CCNCC1. The molecule has 0 saturated carbocycles. The maximum atomic E-state index is 12.5. The van der Waals surface area contributed by atoms with Crippen molar-refractivity contribution in [3.05, 3.63) is 0 Å². The van der Waals surface area contributed by atoms with E-state index in [2.05, 4.69) is 10.6 Å². The maximum Gasteiger partial charge on any atom is 0.228 e. The Morgan fingerprint density at radius 2 is 2.05 bits per heavy atom. The first kappa shape index (κ1) is 15.7. The minimum absolute atomic E-state index is 0.174. The fourth-order valence-corrected chi connectivity index (χ4v) is 3.23. The highest BCUT2D eigenvalue weighted by Gasteiger charge is 2.39. The molecule has 5 nitrogen and oxygen atoms in total. The smallest absolute Gasteiger partial charge is 0.228 e. The molecule has 2 rings (SSSR count). The molecule has 0 atom stereocenters. The fourth-order valence-electron chi connectivity index (χ4n) is 3.23. The van der Waals surface area contributed by atoms with Crippen molar-refractivity contribution in [2.24, 2.45) is 11.3 Å². The number of methoxy groups -OCH3 is 1. The van der Waals surface area contributed by atoms with Crippen LogP contribution < -0.4 is 10.6 Å². The number of hydrogen-bond donors (Lipinski definition) is 2. The van der Waals surface area contributed by atoms with Crippen LogP contribution in [0.5, 0.6) is 0 Å². The van der Waals surface area contributed by atoms with Crippen molar-refractivity contribution in [3.8, 4) is 0 Å². The largest absolute Gasteiger partial charge is 0.384 e. The molecular weight excluding hydrogens is 256 g/mol. The molecule has 2 fully saturated rings. The van der Waals surface area contributed by atoms with Gasteiger partial charge in [-0.3, -0.25) is 4.79 Å². The van der Waals surface area contributed by atoms with Gasteiger partial charge < -0.3 is 20.1 Å². The maximum absolute atomic E-state index is 12.5. The molecule has 2 N–H and O–H groups in total. The molecule has 2 heterocycles. The molecule has 2 aliphatic rings. The molecule has 0 bridgehead atoms. The summed E-state index contributed by atoms with van der Waals surface area (Å²) in [4.78, 5) is 12.5. The van der Waals surface area contributed by atoms with Crippen molar-refractivity contribution < 1.29 is 14.3 Å². The van der Waals surface area contributed by atoms with Crippen molar-refractivity contribution in [3.63, 3.8) is 0 Å². The number of nitrogens with one attached hydrogen (secondary N) is 2. The highest BCUT2D eigenvalue weighted by atomic mass is 16.5. The van der Waals surface area contributed by atoms with E-state index < -0.39 is 0 Å². The third-order valence-electron chi connectivity index (χ3n) is 4.64. The van der Waals surface area contributed by atoms with Crippen LogP contribution in [0.4, 0.5) is 0 Å². The van der Waals surface area contributed by atoms with E-state index in [-0.39, 0.29) is 11.3 Å². The van der Waals surface area contributed by atoms with Gasteiger partial charge in [-0.15, -0.1) is 0 Å². The number of carbonyl (C=O) groups is 1. The Bertz CT molecular complexity index is 292. The monoisotopic (exact) mass is 284 g/mol. The molecule has 0 aliphatic carbocycles. The zero-order valence-electron chi connectivity index (χ0n) is 12.6. The summed E-state index contributed by atoms with van der Waals surface area (Å²) in [5.74, 6) is 0.878. The van der Waals surface area contributed by atoms with Crippen LogP contribution in [0.15, 0.2) is 0 Å². The van der Waals surface area contributed by atoms with Crippen molar-refractivity contribution >= 4 is 5.91 Å². The fraction of sp³-hybridized carbons (Fsp3) is 0.933. The van der Waals surface area contributed by atoms with Gasteiger partial charge in [0.15, 0.2) is 0 Å². The topological polar surface area (TPSA) is 59.6 Å². The molecule has 116 valence electrons. The number of ether oxygens (including phenoxy) is 2. The Balaban J connectivity index is 1.76. The van der Waals surface area contributed by atoms with Gasteiger partial charge in [0.05, 0.1) is 12.0 Å². The summed E-state index contributed by atoms with van der Waals surface area (Å²) in [7, 11) is 1.68. The lowest BCUT2D eigenvalue weighted by Crippen LogP contribution is -2.50. The van der Waals surface area contributed by atoms with E-state index in [1.54, 1.807) is 7.11 Å². The molecule has 0 aromatic heterocycles. The highest BCUT2D eigenvalue weighted by Crippen LogP contribution is 2.29. The van der Waals surface area contributed by atoms with Crippen LogP contribution in [0, 0.1) is 11.3 Å². The summed E-state index contributed by atoms with van der Waals surface area (Å²) in [6.07, 6.45) is 5.05. The van der Waals surface area contributed by atoms with Gasteiger partial charge in [-0.05, 0) is 51.1 Å². The van der Waals surface area contributed by atoms with Crippen molar-refractivity contribution in [1.82, 2.24) is 10.6 Å². The van der Waals surface area contributed by atoms with E-state index in [1.165, 1.54) is 0 Å². The molecular formula is C15H28N2O3. The van der Waals surface area contributed by atoms with E-state index in [1.807, 2.05) is 0 Å². The van der Waals surface area contributed by atoms with Crippen molar-refractivity contribution in [2.75, 3.05) is 46.6 Å². The number of hydrogen-bond acceptors (Lipinski definition) is 4. The Morgan fingerprint density at radius 1 is 1.35 bits per heavy atom. The summed E-state index contributed by atoms with van der Waals surface area (Å²) in [5.41, 5.74) is -0.324. The van der Waals surface area contributed by atoms with Crippen LogP contribution >= 0.6 is 0 Å². The molecule has 2 saturated heterocycles. The van der Waals surface area contributed by atoms with E-state index in [9.17, 15) is 4.79 Å². The van der Waals surface area contributed by atoms with Crippen LogP contribution in [0.2, 0.25) is 0 Å². The molecule has 5 heteroatoms. The normalized spacial score (nSPS) is 23.4. The first-order valence-corrected chi connectivity index (χ1v) is 7.82. The molecule has 20 heavy (non-hydrogen) atoms. The van der Waals surface area contributed by atoms with Crippen molar-refractivity contribution in [1.29, 1.82) is 0 Å². The Kier molecular flexibility index (Phi) is 6.26. The second-order valence-corrected chi connectivity index (χ2v) is 6.06. The van der Waals surface area contributed by atoms with Gasteiger partial charge >= 0.3 is 0 Å². The predicted octanol–water partition coefficient (Wildman–Crippen LogP) is 0.935. The molecule has 0 unspecified atom stereocenters. The quantitative estimate of drug-likeness (QED) is 0.762. The lowest BCUT2D eigenvalue weighted by molar-refractivity contribution is -0.136. The summed E-state index contributed by atoms with van der Waals surface area (Å²) in [5, 5.41) is 6.45. The lowest BCUT2D eigenvalue weighted by atomic mass is 9.78. The van der Waals surface area contributed by atoms with Gasteiger partial charge in [-0.2, -0.15) is 0 Å². The first-order valence-electron chi connectivity index (χ1n) is 7.82. The molecule has 0 spiro atoms. The van der Waals surface area contributed by atoms with E-state index >= 15 is 0 Å². The minimum Gasteiger partial charge on any atom is -0.384 e. The Hall–Kier alpha value is -0.650. The van der Waals surface area contributed by atoms with E-state index in [4.69, 9.17) is 9.47 Å². The number of rotatable bonds is 6. The lowest BCUT2D eigenvalue weighted by Gasteiger charge is -2.35. The molecule has 0 radical (unpaired) electrons. The van der Waals surface area contributed by atoms with Gasteiger partial charge in [0.2, 0.25) is 5.91 Å². The predicted molar refractivity (Wildman–Crippen MR) is 77.6 cm³/mol. The molecule has 0 aromatic carbocycles. The minimum atomic E-state index is -0.324. The van der Waals surface area contributed by atoms with Crippen molar-refractivity contribution in [2.45, 2.75) is 32.1 Å². The van der Waals surface area contributed by atoms with Crippen LogP contribution in [-0.4, -0.2) is 52.5 Å². The zero-order chi connectivity index (χ0) is 14.3. The van der Waals surface area contributed by atoms with Gasteiger partial charge in [-0.25, -0.2) is 0 Å². The zero-order valence-corrected chi connectivity index (χ0v) is 12.6. The van der Waals surface area contributed by atoms with Crippen LogP contribution in [0.1, 0.15) is 32.1 Å². The Morgan fingerprint density at radius 3 is 2.70 bits per heavy atom. The van der Waals surface area contributed by atoms with Crippen LogP contribution in [0.3, 0.4) is 0 Å². The molecule has 0 aromatic rings. The second kappa shape index (κ2) is 7.96. The van der Waals surface area contributed by atoms with E-state index in [0.29, 0.717) is 12.5 Å². The summed E-state index contributed by atoms with van der Waals surface area (Å²) in [6, 6.07) is 0. The number of piperidine rings is 1. The average Bonchev–Trinajstić information content (AvgIpc) is 2.49. The van der Waals surface area contributed by atoms with E-state index in [0.717, 1.165) is 65.0 Å². The van der Waals surface area contributed by atoms with Gasteiger partial charge in [0.1, 0.15) is 0 Å². The number of amides is 1. The van der Waals surface area contributed by atoms with Crippen LogP contribution in [0.25, 0.3) is 0 Å². The summed E-state index contributed by atoms with van der Waals surface area (Å²) in [6.45, 7) is 4.85. The standard InChI is InChI=1S/C15H28N2O3/c1-19-12-15(5-8-16-9-6-15)14(18)17-7-2-13-3-10-20-11-4-13/h13,16H,2-12H2,1H3,(H,17,18). The number of carbonyl (C=O) groups excluding carboxylic acids is 1. The summed E-state index contributed by atoms with van der Waals surface area (Å²) >= 11 is 0. The first-order chi connectivity index (χ1) is 9.77. The van der Waals surface area contributed by atoms with Gasteiger partial charge in [0, 0.05) is 26.9 Å². The average molecular weight is 284 g/mol.